The lowest BCUT2D eigenvalue weighted by Gasteiger charge is -2.17. The molecule has 0 aliphatic heterocycles. The van der Waals surface area contributed by atoms with E-state index in [-0.39, 0.29) is 17.8 Å². The number of aromatic nitrogens is 1. The number of benzene rings is 2. The summed E-state index contributed by atoms with van der Waals surface area (Å²) >= 11 is 6.00. The molecule has 142 valence electrons. The van der Waals surface area contributed by atoms with Crippen LogP contribution in [0.15, 0.2) is 59.5 Å². The third-order valence-corrected chi connectivity index (χ3v) is 4.50. The van der Waals surface area contributed by atoms with Gasteiger partial charge in [-0.05, 0) is 23.8 Å². The molecule has 3 aromatic rings. The van der Waals surface area contributed by atoms with Gasteiger partial charge in [-0.3, -0.25) is 4.79 Å². The smallest absolute Gasteiger partial charge is 0.417 e. The first-order valence-electron chi connectivity index (χ1n) is 7.99. The van der Waals surface area contributed by atoms with Crippen molar-refractivity contribution < 1.29 is 18.3 Å². The van der Waals surface area contributed by atoms with Gasteiger partial charge in [0.2, 0.25) is 5.43 Å². The Bertz CT molecular complexity index is 1150. The molecular weight excluding hydrogens is 393 g/mol. The lowest BCUT2D eigenvalue weighted by atomic mass is 10.1. The molecule has 0 atom stereocenters. The normalized spacial score (nSPS) is 11.2. The highest BCUT2D eigenvalue weighted by molar-refractivity contribution is 6.34. The van der Waals surface area contributed by atoms with E-state index in [1.54, 1.807) is 24.3 Å². The number of nitriles is 1. The van der Waals surface area contributed by atoms with E-state index in [4.69, 9.17) is 16.9 Å². The summed E-state index contributed by atoms with van der Waals surface area (Å²) in [5, 5.41) is 18.3. The number of aromatic hydroxyl groups is 1. The van der Waals surface area contributed by atoms with Crippen molar-refractivity contribution >= 4 is 11.6 Å². The monoisotopic (exact) mass is 404 g/mol. The Morgan fingerprint density at radius 2 is 1.86 bits per heavy atom. The predicted molar refractivity (Wildman–Crippen MR) is 98.1 cm³/mol. The van der Waals surface area contributed by atoms with Crippen LogP contribution in [0.2, 0.25) is 5.02 Å². The van der Waals surface area contributed by atoms with E-state index < -0.39 is 27.9 Å². The fraction of sp³-hybridized carbons (Fsp3) is 0.100. The zero-order valence-corrected chi connectivity index (χ0v) is 14.9. The van der Waals surface area contributed by atoms with E-state index in [1.807, 2.05) is 6.07 Å². The highest BCUT2D eigenvalue weighted by Crippen LogP contribution is 2.39. The van der Waals surface area contributed by atoms with Gasteiger partial charge in [0, 0.05) is 18.2 Å². The summed E-state index contributed by atoms with van der Waals surface area (Å²) in [7, 11) is 0. The van der Waals surface area contributed by atoms with Crippen LogP contribution in [0.4, 0.5) is 13.2 Å². The van der Waals surface area contributed by atoms with E-state index in [2.05, 4.69) is 0 Å². The molecule has 1 heterocycles. The van der Waals surface area contributed by atoms with Crippen molar-refractivity contribution in [2.75, 3.05) is 0 Å². The topological polar surface area (TPSA) is 66.0 Å². The van der Waals surface area contributed by atoms with Gasteiger partial charge in [-0.1, -0.05) is 35.9 Å². The number of halogens is 4. The maximum Gasteiger partial charge on any atom is 0.417 e. The molecule has 0 aliphatic rings. The maximum absolute atomic E-state index is 13.2. The van der Waals surface area contributed by atoms with E-state index >= 15 is 0 Å². The van der Waals surface area contributed by atoms with Gasteiger partial charge in [0.15, 0.2) is 5.75 Å². The summed E-state index contributed by atoms with van der Waals surface area (Å²) in [5.41, 5.74) is -0.588. The first kappa shape index (κ1) is 19.5. The Morgan fingerprint density at radius 1 is 1.14 bits per heavy atom. The van der Waals surface area contributed by atoms with Crippen molar-refractivity contribution in [2.24, 2.45) is 0 Å². The highest BCUT2D eigenvalue weighted by atomic mass is 35.5. The summed E-state index contributed by atoms with van der Waals surface area (Å²) in [6.07, 6.45) is -3.52. The number of rotatable bonds is 3. The quantitative estimate of drug-likeness (QED) is 0.681. The fourth-order valence-corrected chi connectivity index (χ4v) is 3.14. The summed E-state index contributed by atoms with van der Waals surface area (Å²) in [6, 6.07) is 13.0. The van der Waals surface area contributed by atoms with Gasteiger partial charge in [0.1, 0.15) is 0 Å². The van der Waals surface area contributed by atoms with Crippen LogP contribution >= 0.6 is 11.6 Å². The summed E-state index contributed by atoms with van der Waals surface area (Å²) < 4.78 is 41.0. The van der Waals surface area contributed by atoms with Crippen LogP contribution in [0.3, 0.4) is 0 Å². The fourth-order valence-electron chi connectivity index (χ4n) is 2.81. The Balaban J connectivity index is 2.18. The number of hydrogen-bond donors (Lipinski definition) is 1. The number of hydrogen-bond acceptors (Lipinski definition) is 3. The first-order chi connectivity index (χ1) is 13.2. The summed E-state index contributed by atoms with van der Waals surface area (Å²) in [6.45, 7) is 0.102. The standard InChI is InChI=1S/C20H12ClF3N2O2/c21-19-14(5-2-6-15(19)20(22,23)24)16-8-17(27)18(28)11-26(16)10-13-4-1-3-12(7-13)9-25/h1-8,11,28H,10H2. The van der Waals surface area contributed by atoms with Crippen LogP contribution < -0.4 is 5.43 Å². The summed E-state index contributed by atoms with van der Waals surface area (Å²) in [4.78, 5) is 11.9. The molecule has 1 N–H and O–H groups in total. The van der Waals surface area contributed by atoms with Gasteiger partial charge < -0.3 is 9.67 Å². The molecular formula is C20H12ClF3N2O2. The number of pyridine rings is 1. The minimum atomic E-state index is -4.66. The molecule has 3 rings (SSSR count). The van der Waals surface area contributed by atoms with E-state index in [1.165, 1.54) is 16.7 Å². The number of nitrogens with zero attached hydrogens (tertiary/aromatic N) is 2. The van der Waals surface area contributed by atoms with Crippen LogP contribution in [0, 0.1) is 11.3 Å². The van der Waals surface area contributed by atoms with Crippen LogP contribution in [0.5, 0.6) is 5.75 Å². The summed E-state index contributed by atoms with van der Waals surface area (Å²) in [5.74, 6) is -0.553. The minimum absolute atomic E-state index is 0.00466. The van der Waals surface area contributed by atoms with Gasteiger partial charge in [-0.2, -0.15) is 18.4 Å². The Morgan fingerprint density at radius 3 is 2.54 bits per heavy atom. The first-order valence-corrected chi connectivity index (χ1v) is 8.37. The van der Waals surface area contributed by atoms with Gasteiger partial charge in [-0.25, -0.2) is 0 Å². The van der Waals surface area contributed by atoms with E-state index in [9.17, 15) is 23.1 Å². The van der Waals surface area contributed by atoms with Crippen molar-refractivity contribution in [2.45, 2.75) is 12.7 Å². The van der Waals surface area contributed by atoms with Gasteiger partial charge >= 0.3 is 6.18 Å². The molecule has 8 heteroatoms. The van der Waals surface area contributed by atoms with Gasteiger partial charge in [-0.15, -0.1) is 0 Å². The second-order valence-corrected chi connectivity index (χ2v) is 6.39. The second kappa shape index (κ2) is 7.41. The van der Waals surface area contributed by atoms with Crippen LogP contribution in [-0.4, -0.2) is 9.67 Å². The third-order valence-electron chi connectivity index (χ3n) is 4.10. The lowest BCUT2D eigenvalue weighted by molar-refractivity contribution is -0.137. The van der Waals surface area contributed by atoms with Crippen molar-refractivity contribution in [3.05, 3.63) is 86.7 Å². The van der Waals surface area contributed by atoms with E-state index in [0.29, 0.717) is 11.1 Å². The average molecular weight is 405 g/mol. The lowest BCUT2D eigenvalue weighted by Crippen LogP contribution is -2.12. The van der Waals surface area contributed by atoms with Crippen molar-refractivity contribution in [3.8, 4) is 23.1 Å². The van der Waals surface area contributed by atoms with E-state index in [0.717, 1.165) is 18.3 Å². The Kier molecular flexibility index (Phi) is 5.16. The zero-order chi connectivity index (χ0) is 20.5. The number of alkyl halides is 3. The third kappa shape index (κ3) is 3.87. The van der Waals surface area contributed by atoms with Crippen molar-refractivity contribution in [3.63, 3.8) is 0 Å². The molecule has 0 saturated carbocycles. The molecule has 0 fully saturated rings. The average Bonchev–Trinajstić information content (AvgIpc) is 2.64. The molecule has 0 amide bonds. The van der Waals surface area contributed by atoms with Gasteiger partial charge in [0.05, 0.1) is 34.1 Å². The van der Waals surface area contributed by atoms with Crippen molar-refractivity contribution in [1.82, 2.24) is 4.57 Å². The Labute approximate surface area is 162 Å². The minimum Gasteiger partial charge on any atom is -0.503 e. The molecule has 0 bridgehead atoms. The van der Waals surface area contributed by atoms with Crippen LogP contribution in [0.1, 0.15) is 16.7 Å². The maximum atomic E-state index is 13.2. The SMILES string of the molecule is N#Cc1cccc(Cn2cc(O)c(=O)cc2-c2cccc(C(F)(F)F)c2Cl)c1. The molecule has 2 aromatic carbocycles. The molecule has 28 heavy (non-hydrogen) atoms. The molecule has 1 aromatic heterocycles. The zero-order valence-electron chi connectivity index (χ0n) is 14.2. The van der Waals surface area contributed by atoms with Gasteiger partial charge in [0.25, 0.3) is 0 Å². The van der Waals surface area contributed by atoms with Crippen molar-refractivity contribution in [1.29, 1.82) is 5.26 Å². The molecule has 0 spiro atoms. The molecule has 0 radical (unpaired) electrons. The largest absolute Gasteiger partial charge is 0.503 e. The predicted octanol–water partition coefficient (Wildman–Crippen LogP) is 4.81. The molecule has 0 saturated heterocycles. The molecule has 0 unspecified atom stereocenters. The van der Waals surface area contributed by atoms with Crippen LogP contribution in [0.25, 0.3) is 11.3 Å². The highest BCUT2D eigenvalue weighted by Gasteiger charge is 2.34. The molecule has 0 aliphatic carbocycles. The second-order valence-electron chi connectivity index (χ2n) is 6.01. The Hall–Kier alpha value is -3.24. The molecule has 4 nitrogen and oxygen atoms in total. The van der Waals surface area contributed by atoms with Crippen LogP contribution in [-0.2, 0) is 12.7 Å².